The van der Waals surface area contributed by atoms with Crippen LogP contribution < -0.4 is 10.6 Å². The highest BCUT2D eigenvalue weighted by Crippen LogP contribution is 2.14. The van der Waals surface area contributed by atoms with Crippen LogP contribution in [0.25, 0.3) is 0 Å². The molecule has 29 heavy (non-hydrogen) atoms. The molecule has 5 heteroatoms. The van der Waals surface area contributed by atoms with Gasteiger partial charge in [-0.05, 0) is 42.9 Å². The molecule has 1 aliphatic heterocycles. The number of guanidine groups is 1. The molecule has 0 radical (unpaired) electrons. The second-order valence-electron chi connectivity index (χ2n) is 7.30. The Morgan fingerprint density at radius 1 is 1.00 bits per heavy atom. The number of hydrogen-bond donors (Lipinski definition) is 2. The third-order valence-corrected chi connectivity index (χ3v) is 4.96. The lowest BCUT2D eigenvalue weighted by Crippen LogP contribution is -2.38. The van der Waals surface area contributed by atoms with Crippen molar-refractivity contribution < 1.29 is 9.47 Å². The van der Waals surface area contributed by atoms with Crippen molar-refractivity contribution in [1.82, 2.24) is 10.6 Å². The Hall–Kier alpha value is -2.37. The fourth-order valence-electron chi connectivity index (χ4n) is 3.36. The standard InChI is InChI=1S/C24H33N3O2/c1-2-25-24(26-14-11-20-7-4-3-5-8-20)27-18-21-9-6-10-22(17-21)19-29-23-12-15-28-16-13-23/h3-10,17,23H,2,11-16,18-19H2,1H3,(H2,25,26,27). The van der Waals surface area contributed by atoms with Gasteiger partial charge in [0.25, 0.3) is 0 Å². The smallest absolute Gasteiger partial charge is 0.191 e. The average molecular weight is 396 g/mol. The number of nitrogens with zero attached hydrogens (tertiary/aromatic N) is 1. The number of rotatable bonds is 9. The van der Waals surface area contributed by atoms with E-state index in [-0.39, 0.29) is 0 Å². The van der Waals surface area contributed by atoms with E-state index in [1.165, 1.54) is 16.7 Å². The molecule has 0 unspecified atom stereocenters. The topological polar surface area (TPSA) is 54.9 Å². The largest absolute Gasteiger partial charge is 0.381 e. The van der Waals surface area contributed by atoms with Crippen molar-refractivity contribution >= 4 is 5.96 Å². The van der Waals surface area contributed by atoms with Crippen LogP contribution in [-0.4, -0.2) is 38.4 Å². The summed E-state index contributed by atoms with van der Waals surface area (Å²) in [5.74, 6) is 0.854. The van der Waals surface area contributed by atoms with Crippen LogP contribution in [0.5, 0.6) is 0 Å². The summed E-state index contributed by atoms with van der Waals surface area (Å²) < 4.78 is 11.4. The van der Waals surface area contributed by atoms with Gasteiger partial charge in [-0.2, -0.15) is 0 Å². The summed E-state index contributed by atoms with van der Waals surface area (Å²) in [6.45, 7) is 6.70. The molecule has 2 aromatic carbocycles. The number of aliphatic imine (C=N–C) groups is 1. The van der Waals surface area contributed by atoms with Crippen molar-refractivity contribution in [1.29, 1.82) is 0 Å². The summed E-state index contributed by atoms with van der Waals surface area (Å²) in [7, 11) is 0. The van der Waals surface area contributed by atoms with Gasteiger partial charge in [0, 0.05) is 26.3 Å². The first-order chi connectivity index (χ1) is 14.3. The molecule has 0 bridgehead atoms. The predicted molar refractivity (Wildman–Crippen MR) is 118 cm³/mol. The number of benzene rings is 2. The minimum atomic E-state index is 0.319. The first kappa shape index (κ1) is 21.3. The molecule has 1 aliphatic rings. The van der Waals surface area contributed by atoms with E-state index >= 15 is 0 Å². The van der Waals surface area contributed by atoms with Crippen LogP contribution in [0.4, 0.5) is 0 Å². The lowest BCUT2D eigenvalue weighted by Gasteiger charge is -2.22. The summed E-state index contributed by atoms with van der Waals surface area (Å²) in [6.07, 6.45) is 3.28. The maximum Gasteiger partial charge on any atom is 0.191 e. The monoisotopic (exact) mass is 395 g/mol. The van der Waals surface area contributed by atoms with Gasteiger partial charge in [0.2, 0.25) is 0 Å². The zero-order valence-corrected chi connectivity index (χ0v) is 17.4. The van der Waals surface area contributed by atoms with Crippen molar-refractivity contribution in [3.8, 4) is 0 Å². The molecule has 2 N–H and O–H groups in total. The number of nitrogens with one attached hydrogen (secondary N) is 2. The Bertz CT molecular complexity index is 743. The van der Waals surface area contributed by atoms with Gasteiger partial charge in [-0.25, -0.2) is 4.99 Å². The Morgan fingerprint density at radius 2 is 1.76 bits per heavy atom. The lowest BCUT2D eigenvalue weighted by molar-refractivity contribution is -0.0390. The van der Waals surface area contributed by atoms with Gasteiger partial charge in [-0.1, -0.05) is 54.6 Å². The first-order valence-corrected chi connectivity index (χ1v) is 10.7. The molecule has 1 heterocycles. The number of hydrogen-bond acceptors (Lipinski definition) is 3. The molecule has 156 valence electrons. The fourth-order valence-corrected chi connectivity index (χ4v) is 3.36. The maximum absolute atomic E-state index is 6.04. The normalized spacial score (nSPS) is 15.3. The van der Waals surface area contributed by atoms with Gasteiger partial charge in [0.1, 0.15) is 0 Å². The first-order valence-electron chi connectivity index (χ1n) is 10.7. The molecular formula is C24H33N3O2. The predicted octanol–water partition coefficient (Wildman–Crippen LogP) is 3.68. The number of ether oxygens (including phenoxy) is 2. The van der Waals surface area contributed by atoms with Crippen molar-refractivity contribution in [2.75, 3.05) is 26.3 Å². The molecule has 1 saturated heterocycles. The Balaban J connectivity index is 1.48. The van der Waals surface area contributed by atoms with Gasteiger partial charge in [-0.15, -0.1) is 0 Å². The second kappa shape index (κ2) is 12.2. The van der Waals surface area contributed by atoms with Gasteiger partial charge < -0.3 is 20.1 Å². The van der Waals surface area contributed by atoms with Crippen LogP contribution >= 0.6 is 0 Å². The maximum atomic E-state index is 6.04. The minimum Gasteiger partial charge on any atom is -0.381 e. The molecule has 0 atom stereocenters. The van der Waals surface area contributed by atoms with Crippen LogP contribution in [0.15, 0.2) is 59.6 Å². The molecule has 0 saturated carbocycles. The van der Waals surface area contributed by atoms with Crippen LogP contribution in [-0.2, 0) is 29.0 Å². The lowest BCUT2D eigenvalue weighted by atomic mass is 10.1. The molecule has 2 aromatic rings. The summed E-state index contributed by atoms with van der Waals surface area (Å²) in [4.78, 5) is 4.74. The summed E-state index contributed by atoms with van der Waals surface area (Å²) >= 11 is 0. The third kappa shape index (κ3) is 7.87. The molecule has 0 aromatic heterocycles. The van der Waals surface area contributed by atoms with Crippen molar-refractivity contribution in [3.05, 3.63) is 71.3 Å². The summed E-state index contributed by atoms with van der Waals surface area (Å²) in [6, 6.07) is 19.0. The Kier molecular flexibility index (Phi) is 9.01. The van der Waals surface area contributed by atoms with E-state index in [0.29, 0.717) is 19.3 Å². The molecule has 1 fully saturated rings. The molecule has 0 amide bonds. The highest BCUT2D eigenvalue weighted by molar-refractivity contribution is 5.79. The van der Waals surface area contributed by atoms with Crippen molar-refractivity contribution in [2.24, 2.45) is 4.99 Å². The molecule has 0 aliphatic carbocycles. The van der Waals surface area contributed by atoms with Crippen molar-refractivity contribution in [2.45, 2.75) is 45.4 Å². The molecular weight excluding hydrogens is 362 g/mol. The van der Waals surface area contributed by atoms with Crippen molar-refractivity contribution in [3.63, 3.8) is 0 Å². The fraction of sp³-hybridized carbons (Fsp3) is 0.458. The van der Waals surface area contributed by atoms with Gasteiger partial charge in [-0.3, -0.25) is 0 Å². The molecule has 5 nitrogen and oxygen atoms in total. The molecule has 3 rings (SSSR count). The van der Waals surface area contributed by atoms with Crippen LogP contribution in [0.2, 0.25) is 0 Å². The summed E-state index contributed by atoms with van der Waals surface area (Å²) in [5.41, 5.74) is 3.72. The molecule has 0 spiro atoms. The second-order valence-corrected chi connectivity index (χ2v) is 7.30. The Labute approximate surface area is 174 Å². The SMILES string of the molecule is CCNC(=NCc1cccc(COC2CCOCC2)c1)NCCc1ccccc1. The van der Waals surface area contributed by atoms with E-state index in [0.717, 1.165) is 51.5 Å². The van der Waals surface area contributed by atoms with E-state index in [4.69, 9.17) is 14.5 Å². The van der Waals surface area contributed by atoms with E-state index in [2.05, 4.69) is 66.1 Å². The zero-order valence-electron chi connectivity index (χ0n) is 17.4. The van der Waals surface area contributed by atoms with Gasteiger partial charge in [0.05, 0.1) is 19.3 Å². The highest BCUT2D eigenvalue weighted by atomic mass is 16.5. The minimum absolute atomic E-state index is 0.319. The van der Waals surface area contributed by atoms with E-state index in [1.807, 2.05) is 6.07 Å². The summed E-state index contributed by atoms with van der Waals surface area (Å²) in [5, 5.41) is 6.75. The zero-order chi connectivity index (χ0) is 20.2. The van der Waals surface area contributed by atoms with Gasteiger partial charge in [0.15, 0.2) is 5.96 Å². The van der Waals surface area contributed by atoms with Gasteiger partial charge >= 0.3 is 0 Å². The van der Waals surface area contributed by atoms with E-state index in [1.54, 1.807) is 0 Å². The highest BCUT2D eigenvalue weighted by Gasteiger charge is 2.14. The van der Waals surface area contributed by atoms with Crippen LogP contribution in [0.3, 0.4) is 0 Å². The van der Waals surface area contributed by atoms with E-state index < -0.39 is 0 Å². The quantitative estimate of drug-likeness (QED) is 0.502. The van der Waals surface area contributed by atoms with E-state index in [9.17, 15) is 0 Å². The third-order valence-electron chi connectivity index (χ3n) is 4.96. The van der Waals surface area contributed by atoms with Crippen LogP contribution in [0, 0.1) is 0 Å². The van der Waals surface area contributed by atoms with Crippen LogP contribution in [0.1, 0.15) is 36.5 Å². The average Bonchev–Trinajstić information content (AvgIpc) is 2.78. The Morgan fingerprint density at radius 3 is 2.55 bits per heavy atom.